The fourth-order valence-electron chi connectivity index (χ4n) is 3.80. The third kappa shape index (κ3) is 4.59. The Morgan fingerprint density at radius 2 is 1.64 bits per heavy atom. The van der Waals surface area contributed by atoms with Crippen LogP contribution in [0.5, 0.6) is 0 Å². The fraction of sp³-hybridized carbons (Fsp3) is 0.476. The zero-order chi connectivity index (χ0) is 19.3. The van der Waals surface area contributed by atoms with E-state index in [1.807, 2.05) is 12.1 Å². The highest BCUT2D eigenvalue weighted by atomic mass is 16.1. The van der Waals surface area contributed by atoms with Gasteiger partial charge >= 0.3 is 0 Å². The number of hydrogen-bond donors (Lipinski definition) is 2. The molecule has 1 saturated carbocycles. The Bertz CT molecular complexity index is 778. The van der Waals surface area contributed by atoms with Crippen molar-refractivity contribution in [3.05, 3.63) is 42.2 Å². The summed E-state index contributed by atoms with van der Waals surface area (Å²) in [5.74, 6) is 0.403. The molecule has 28 heavy (non-hydrogen) atoms. The van der Waals surface area contributed by atoms with Gasteiger partial charge in [0.1, 0.15) is 0 Å². The first kappa shape index (κ1) is 18.7. The maximum absolute atomic E-state index is 12.5. The van der Waals surface area contributed by atoms with Crippen LogP contribution in [-0.4, -0.2) is 60.0 Å². The van der Waals surface area contributed by atoms with Crippen LogP contribution in [0.15, 0.2) is 36.7 Å². The van der Waals surface area contributed by atoms with Gasteiger partial charge in [0.15, 0.2) is 0 Å². The van der Waals surface area contributed by atoms with Gasteiger partial charge in [0, 0.05) is 56.0 Å². The molecule has 1 aliphatic carbocycles. The summed E-state index contributed by atoms with van der Waals surface area (Å²) in [6, 6.07) is 8.47. The van der Waals surface area contributed by atoms with E-state index in [-0.39, 0.29) is 5.91 Å². The molecule has 0 unspecified atom stereocenters. The van der Waals surface area contributed by atoms with Crippen LogP contribution in [0, 0.1) is 0 Å². The molecule has 7 heteroatoms. The molecule has 2 aromatic rings. The fourth-order valence-corrected chi connectivity index (χ4v) is 3.80. The van der Waals surface area contributed by atoms with Crippen molar-refractivity contribution in [3.8, 4) is 0 Å². The van der Waals surface area contributed by atoms with Gasteiger partial charge in [-0.1, -0.05) is 12.8 Å². The third-order valence-corrected chi connectivity index (χ3v) is 5.60. The largest absolute Gasteiger partial charge is 0.369 e. The molecule has 0 radical (unpaired) electrons. The lowest BCUT2D eigenvalue weighted by molar-refractivity contribution is 0.102. The zero-order valence-corrected chi connectivity index (χ0v) is 16.4. The molecule has 2 N–H and O–H groups in total. The third-order valence-electron chi connectivity index (χ3n) is 5.60. The van der Waals surface area contributed by atoms with Crippen molar-refractivity contribution in [3.63, 3.8) is 0 Å². The second kappa shape index (κ2) is 8.56. The Morgan fingerprint density at radius 1 is 1.00 bits per heavy atom. The number of anilines is 3. The predicted molar refractivity (Wildman–Crippen MR) is 112 cm³/mol. The van der Waals surface area contributed by atoms with E-state index in [1.54, 1.807) is 12.4 Å². The van der Waals surface area contributed by atoms with E-state index in [2.05, 4.69) is 49.6 Å². The van der Waals surface area contributed by atoms with E-state index in [1.165, 1.54) is 18.5 Å². The summed E-state index contributed by atoms with van der Waals surface area (Å²) >= 11 is 0. The smallest absolute Gasteiger partial charge is 0.258 e. The molecule has 0 bridgehead atoms. The zero-order valence-electron chi connectivity index (χ0n) is 16.4. The van der Waals surface area contributed by atoms with Crippen LogP contribution < -0.4 is 15.5 Å². The minimum Gasteiger partial charge on any atom is -0.369 e. The number of amides is 1. The van der Waals surface area contributed by atoms with Gasteiger partial charge in [0.25, 0.3) is 5.91 Å². The molecular weight excluding hydrogens is 352 g/mol. The van der Waals surface area contributed by atoms with Crippen LogP contribution in [0.2, 0.25) is 0 Å². The summed E-state index contributed by atoms with van der Waals surface area (Å²) in [5, 5.41) is 6.26. The second-order valence-electron chi connectivity index (χ2n) is 7.71. The number of rotatable bonds is 5. The molecule has 2 aliphatic rings. The quantitative estimate of drug-likeness (QED) is 0.831. The average Bonchev–Trinajstić information content (AvgIpc) is 3.23. The Balaban J connectivity index is 1.32. The van der Waals surface area contributed by atoms with Crippen LogP contribution in [0.4, 0.5) is 17.3 Å². The first-order valence-corrected chi connectivity index (χ1v) is 10.1. The highest BCUT2D eigenvalue weighted by Crippen LogP contribution is 2.21. The number of piperazine rings is 1. The van der Waals surface area contributed by atoms with Crippen LogP contribution in [-0.2, 0) is 0 Å². The van der Waals surface area contributed by atoms with Crippen molar-refractivity contribution >= 4 is 23.2 Å². The van der Waals surface area contributed by atoms with E-state index >= 15 is 0 Å². The molecule has 2 heterocycles. The van der Waals surface area contributed by atoms with Gasteiger partial charge < -0.3 is 20.4 Å². The van der Waals surface area contributed by atoms with Crippen molar-refractivity contribution < 1.29 is 4.79 Å². The lowest BCUT2D eigenvalue weighted by atomic mass is 10.2. The number of carbonyl (C=O) groups is 1. The highest BCUT2D eigenvalue weighted by molar-refractivity contribution is 6.03. The van der Waals surface area contributed by atoms with Crippen LogP contribution in [0.1, 0.15) is 36.0 Å². The van der Waals surface area contributed by atoms with E-state index in [9.17, 15) is 4.79 Å². The number of aromatic nitrogens is 2. The minimum atomic E-state index is -0.195. The molecule has 0 spiro atoms. The van der Waals surface area contributed by atoms with E-state index in [4.69, 9.17) is 0 Å². The maximum Gasteiger partial charge on any atom is 0.258 e. The van der Waals surface area contributed by atoms with Crippen molar-refractivity contribution in [2.45, 2.75) is 31.7 Å². The Morgan fingerprint density at radius 3 is 2.29 bits per heavy atom. The SMILES string of the molecule is CN1CCN(c2ccc(NC(=O)c3cnc(NC4CCCC4)nc3)cc2)CC1. The lowest BCUT2D eigenvalue weighted by Gasteiger charge is -2.34. The van der Waals surface area contributed by atoms with Gasteiger partial charge in [0.05, 0.1) is 5.56 Å². The van der Waals surface area contributed by atoms with Crippen LogP contribution in [0.3, 0.4) is 0 Å². The van der Waals surface area contributed by atoms with Crippen molar-refractivity contribution in [2.75, 3.05) is 48.8 Å². The normalized spacial score (nSPS) is 18.2. The van der Waals surface area contributed by atoms with Gasteiger partial charge in [0.2, 0.25) is 5.95 Å². The molecule has 1 aromatic heterocycles. The number of nitrogens with one attached hydrogen (secondary N) is 2. The summed E-state index contributed by atoms with van der Waals surface area (Å²) in [4.78, 5) is 25.8. The van der Waals surface area contributed by atoms with Gasteiger partial charge in [-0.15, -0.1) is 0 Å². The summed E-state index contributed by atoms with van der Waals surface area (Å²) in [6.07, 6.45) is 8.00. The Hall–Kier alpha value is -2.67. The predicted octanol–water partition coefficient (Wildman–Crippen LogP) is 2.84. The summed E-state index contributed by atoms with van der Waals surface area (Å²) in [7, 11) is 2.15. The topological polar surface area (TPSA) is 73.4 Å². The monoisotopic (exact) mass is 380 g/mol. The number of carbonyl (C=O) groups excluding carboxylic acids is 1. The first-order valence-electron chi connectivity index (χ1n) is 10.1. The minimum absolute atomic E-state index is 0.195. The highest BCUT2D eigenvalue weighted by Gasteiger charge is 2.16. The van der Waals surface area contributed by atoms with Crippen molar-refractivity contribution in [1.82, 2.24) is 14.9 Å². The molecule has 0 atom stereocenters. The second-order valence-corrected chi connectivity index (χ2v) is 7.71. The van der Waals surface area contributed by atoms with Crippen LogP contribution >= 0.6 is 0 Å². The molecule has 1 aliphatic heterocycles. The average molecular weight is 380 g/mol. The lowest BCUT2D eigenvalue weighted by Crippen LogP contribution is -2.44. The summed E-state index contributed by atoms with van der Waals surface area (Å²) in [5.41, 5.74) is 2.42. The summed E-state index contributed by atoms with van der Waals surface area (Å²) in [6.45, 7) is 4.20. The van der Waals surface area contributed by atoms with E-state index < -0.39 is 0 Å². The first-order chi connectivity index (χ1) is 13.7. The molecule has 2 fully saturated rings. The maximum atomic E-state index is 12.5. The van der Waals surface area contributed by atoms with Gasteiger partial charge in [-0.25, -0.2) is 9.97 Å². The van der Waals surface area contributed by atoms with E-state index in [0.29, 0.717) is 17.6 Å². The molecule has 7 nitrogen and oxygen atoms in total. The number of likely N-dealkylation sites (N-methyl/N-ethyl adjacent to an activating group) is 1. The molecule has 4 rings (SSSR count). The van der Waals surface area contributed by atoms with Crippen LogP contribution in [0.25, 0.3) is 0 Å². The number of nitrogens with zero attached hydrogens (tertiary/aromatic N) is 4. The van der Waals surface area contributed by atoms with Crippen molar-refractivity contribution in [2.24, 2.45) is 0 Å². The Labute approximate surface area is 166 Å². The molecule has 1 aromatic carbocycles. The van der Waals surface area contributed by atoms with E-state index in [0.717, 1.165) is 44.7 Å². The van der Waals surface area contributed by atoms with Gasteiger partial charge in [-0.2, -0.15) is 0 Å². The number of benzene rings is 1. The van der Waals surface area contributed by atoms with Gasteiger partial charge in [-0.3, -0.25) is 4.79 Å². The molecule has 1 saturated heterocycles. The molecule has 1 amide bonds. The van der Waals surface area contributed by atoms with Gasteiger partial charge in [-0.05, 0) is 44.2 Å². The summed E-state index contributed by atoms with van der Waals surface area (Å²) < 4.78 is 0. The van der Waals surface area contributed by atoms with Crippen molar-refractivity contribution in [1.29, 1.82) is 0 Å². The Kier molecular flexibility index (Phi) is 5.71. The molecular formula is C21H28N6O. The number of hydrogen-bond acceptors (Lipinski definition) is 6. The molecule has 148 valence electrons. The standard InChI is InChI=1S/C21H28N6O/c1-26-10-12-27(13-11-26)19-8-6-18(7-9-19)24-20(28)16-14-22-21(23-15-16)25-17-4-2-3-5-17/h6-9,14-15,17H,2-5,10-13H2,1H3,(H,24,28)(H,22,23,25).